The van der Waals surface area contributed by atoms with Crippen molar-refractivity contribution in [3.63, 3.8) is 0 Å². The number of rotatable bonds is 6. The predicted molar refractivity (Wildman–Crippen MR) is 79.2 cm³/mol. The second-order valence-corrected chi connectivity index (χ2v) is 4.96. The van der Waals surface area contributed by atoms with Crippen molar-refractivity contribution < 1.29 is 19.1 Å². The van der Waals surface area contributed by atoms with Gasteiger partial charge >= 0.3 is 0 Å². The molecule has 0 fully saturated rings. The van der Waals surface area contributed by atoms with Crippen LogP contribution in [0.4, 0.5) is 5.13 Å². The fourth-order valence-corrected chi connectivity index (χ4v) is 2.23. The number of thiazole rings is 1. The molecule has 0 radical (unpaired) electrons. The third kappa shape index (κ3) is 4.28. The van der Waals surface area contributed by atoms with E-state index in [1.165, 1.54) is 18.3 Å². The standard InChI is InChI=1S/C14H14N2O4S/c1-9(17)12-8-21-14(15-12)16-13(18)7-20-11-5-3-10(19-2)4-6-11/h3-6,8H,7H2,1-2H3,(H,15,16,18). The maximum absolute atomic E-state index is 11.7. The molecule has 1 amide bonds. The number of Topliss-reactive ketones (excluding diaryl/α,β-unsaturated/α-hetero) is 1. The minimum Gasteiger partial charge on any atom is -0.497 e. The predicted octanol–water partition coefficient (Wildman–Crippen LogP) is 2.37. The zero-order valence-corrected chi connectivity index (χ0v) is 12.4. The summed E-state index contributed by atoms with van der Waals surface area (Å²) in [6.07, 6.45) is 0. The molecule has 0 spiro atoms. The molecular weight excluding hydrogens is 292 g/mol. The number of anilines is 1. The number of carbonyl (C=O) groups excluding carboxylic acids is 2. The summed E-state index contributed by atoms with van der Waals surface area (Å²) in [5.74, 6) is 0.803. The monoisotopic (exact) mass is 306 g/mol. The van der Waals surface area contributed by atoms with Crippen molar-refractivity contribution in [2.45, 2.75) is 6.92 Å². The first-order chi connectivity index (χ1) is 10.1. The molecule has 21 heavy (non-hydrogen) atoms. The van der Waals surface area contributed by atoms with Crippen molar-refractivity contribution in [1.82, 2.24) is 4.98 Å². The van der Waals surface area contributed by atoms with E-state index < -0.39 is 0 Å². The number of ether oxygens (including phenoxy) is 2. The van der Waals surface area contributed by atoms with E-state index in [-0.39, 0.29) is 18.3 Å². The average Bonchev–Trinajstić information content (AvgIpc) is 2.94. The molecule has 0 saturated carbocycles. The number of aromatic nitrogens is 1. The Kier molecular flexibility index (Phi) is 4.89. The Labute approximate surface area is 125 Å². The Balaban J connectivity index is 1.84. The van der Waals surface area contributed by atoms with Crippen molar-refractivity contribution in [3.05, 3.63) is 35.3 Å². The fraction of sp³-hybridized carbons (Fsp3) is 0.214. The van der Waals surface area contributed by atoms with E-state index in [4.69, 9.17) is 9.47 Å². The van der Waals surface area contributed by atoms with E-state index in [9.17, 15) is 9.59 Å². The van der Waals surface area contributed by atoms with Crippen LogP contribution in [0.25, 0.3) is 0 Å². The van der Waals surface area contributed by atoms with E-state index in [1.54, 1.807) is 36.8 Å². The van der Waals surface area contributed by atoms with Crippen LogP contribution in [0.15, 0.2) is 29.6 Å². The number of methoxy groups -OCH3 is 1. The topological polar surface area (TPSA) is 77.5 Å². The molecule has 1 aromatic carbocycles. The number of carbonyl (C=O) groups is 2. The Bertz CT molecular complexity index is 637. The highest BCUT2D eigenvalue weighted by atomic mass is 32.1. The summed E-state index contributed by atoms with van der Waals surface area (Å²) < 4.78 is 10.4. The summed E-state index contributed by atoms with van der Waals surface area (Å²) >= 11 is 1.20. The molecule has 0 bridgehead atoms. The molecule has 0 aliphatic carbocycles. The van der Waals surface area contributed by atoms with Crippen LogP contribution in [0.5, 0.6) is 11.5 Å². The molecular formula is C14H14N2O4S. The first kappa shape index (κ1) is 15.0. The molecule has 1 aromatic heterocycles. The summed E-state index contributed by atoms with van der Waals surface area (Å²) in [6.45, 7) is 1.29. The molecule has 6 nitrogen and oxygen atoms in total. The average molecular weight is 306 g/mol. The summed E-state index contributed by atoms with van der Waals surface area (Å²) in [6, 6.07) is 6.91. The molecule has 0 unspecified atom stereocenters. The third-order valence-electron chi connectivity index (χ3n) is 2.54. The van der Waals surface area contributed by atoms with E-state index in [0.717, 1.165) is 0 Å². The maximum Gasteiger partial charge on any atom is 0.264 e. The number of hydrogen-bond acceptors (Lipinski definition) is 6. The van der Waals surface area contributed by atoms with Gasteiger partial charge in [-0.05, 0) is 24.3 Å². The highest BCUT2D eigenvalue weighted by Crippen LogP contribution is 2.18. The van der Waals surface area contributed by atoms with Crippen LogP contribution in [0.3, 0.4) is 0 Å². The molecule has 2 rings (SSSR count). The molecule has 7 heteroatoms. The number of nitrogens with zero attached hydrogens (tertiary/aromatic N) is 1. The Morgan fingerprint density at radius 3 is 2.48 bits per heavy atom. The van der Waals surface area contributed by atoms with Gasteiger partial charge in [0.25, 0.3) is 5.91 Å². The van der Waals surface area contributed by atoms with Gasteiger partial charge in [0.2, 0.25) is 0 Å². The van der Waals surface area contributed by atoms with E-state index >= 15 is 0 Å². The van der Waals surface area contributed by atoms with Crippen molar-refractivity contribution in [1.29, 1.82) is 0 Å². The minimum atomic E-state index is -0.338. The molecule has 1 heterocycles. The lowest BCUT2D eigenvalue weighted by atomic mass is 10.3. The van der Waals surface area contributed by atoms with Crippen LogP contribution >= 0.6 is 11.3 Å². The SMILES string of the molecule is COc1ccc(OCC(=O)Nc2nc(C(C)=O)cs2)cc1. The first-order valence-corrected chi connectivity index (χ1v) is 6.99. The summed E-state index contributed by atoms with van der Waals surface area (Å²) in [7, 11) is 1.58. The van der Waals surface area contributed by atoms with Gasteiger partial charge in [0.1, 0.15) is 17.2 Å². The van der Waals surface area contributed by atoms with Gasteiger partial charge in [-0.25, -0.2) is 4.98 Å². The van der Waals surface area contributed by atoms with Gasteiger partial charge in [-0.1, -0.05) is 0 Å². The zero-order chi connectivity index (χ0) is 15.2. The Morgan fingerprint density at radius 2 is 1.90 bits per heavy atom. The van der Waals surface area contributed by atoms with Gasteiger partial charge in [0, 0.05) is 12.3 Å². The highest BCUT2D eigenvalue weighted by molar-refractivity contribution is 7.14. The van der Waals surface area contributed by atoms with Crippen LogP contribution in [0.1, 0.15) is 17.4 Å². The van der Waals surface area contributed by atoms with Crippen LogP contribution < -0.4 is 14.8 Å². The summed E-state index contributed by atoms with van der Waals surface area (Å²) in [5, 5.41) is 4.55. The van der Waals surface area contributed by atoms with Gasteiger partial charge in [-0.2, -0.15) is 0 Å². The lowest BCUT2D eigenvalue weighted by molar-refractivity contribution is -0.118. The molecule has 0 saturated heterocycles. The van der Waals surface area contributed by atoms with Crippen molar-refractivity contribution in [2.75, 3.05) is 19.0 Å². The third-order valence-corrected chi connectivity index (χ3v) is 3.30. The van der Waals surface area contributed by atoms with Gasteiger partial charge in [-0.15, -0.1) is 11.3 Å². The van der Waals surface area contributed by atoms with Gasteiger partial charge in [0.05, 0.1) is 7.11 Å². The van der Waals surface area contributed by atoms with Gasteiger partial charge in [0.15, 0.2) is 17.5 Å². The highest BCUT2D eigenvalue weighted by Gasteiger charge is 2.09. The molecule has 1 N–H and O–H groups in total. The van der Waals surface area contributed by atoms with Crippen LogP contribution in [-0.2, 0) is 4.79 Å². The van der Waals surface area contributed by atoms with Crippen LogP contribution in [-0.4, -0.2) is 30.4 Å². The largest absolute Gasteiger partial charge is 0.497 e. The van der Waals surface area contributed by atoms with Crippen LogP contribution in [0.2, 0.25) is 0 Å². The maximum atomic E-state index is 11.7. The molecule has 0 aliphatic heterocycles. The van der Waals surface area contributed by atoms with Gasteiger partial charge < -0.3 is 9.47 Å². The molecule has 0 atom stereocenters. The van der Waals surface area contributed by atoms with E-state index in [0.29, 0.717) is 22.3 Å². The second-order valence-electron chi connectivity index (χ2n) is 4.11. The Morgan fingerprint density at radius 1 is 1.24 bits per heavy atom. The number of nitrogens with one attached hydrogen (secondary N) is 1. The minimum absolute atomic E-state index is 0.138. The van der Waals surface area contributed by atoms with Crippen molar-refractivity contribution in [2.24, 2.45) is 0 Å². The van der Waals surface area contributed by atoms with E-state index in [1.807, 2.05) is 0 Å². The number of ketones is 1. The lowest BCUT2D eigenvalue weighted by Crippen LogP contribution is -2.20. The number of hydrogen-bond donors (Lipinski definition) is 1. The van der Waals surface area contributed by atoms with Crippen molar-refractivity contribution >= 4 is 28.2 Å². The fourth-order valence-electron chi connectivity index (χ4n) is 1.47. The van der Waals surface area contributed by atoms with Gasteiger partial charge in [-0.3, -0.25) is 14.9 Å². The lowest BCUT2D eigenvalue weighted by Gasteiger charge is -2.06. The van der Waals surface area contributed by atoms with E-state index in [2.05, 4.69) is 10.3 Å². The zero-order valence-electron chi connectivity index (χ0n) is 11.6. The number of benzene rings is 1. The second kappa shape index (κ2) is 6.85. The quantitative estimate of drug-likeness (QED) is 0.829. The normalized spacial score (nSPS) is 10.0. The molecule has 110 valence electrons. The summed E-state index contributed by atoms with van der Waals surface area (Å²) in [4.78, 5) is 26.8. The number of amides is 1. The van der Waals surface area contributed by atoms with Crippen molar-refractivity contribution in [3.8, 4) is 11.5 Å². The first-order valence-electron chi connectivity index (χ1n) is 6.11. The smallest absolute Gasteiger partial charge is 0.264 e. The summed E-state index contributed by atoms with van der Waals surface area (Å²) in [5.41, 5.74) is 0.339. The van der Waals surface area contributed by atoms with Crippen LogP contribution in [0, 0.1) is 0 Å². The molecule has 0 aliphatic rings. The molecule has 2 aromatic rings. The Hall–Kier alpha value is -2.41.